The summed E-state index contributed by atoms with van der Waals surface area (Å²) in [4.78, 5) is 11.0. The highest BCUT2D eigenvalue weighted by Gasteiger charge is 2.19. The monoisotopic (exact) mass is 232 g/mol. The molecule has 0 aromatic heterocycles. The number of carbonyl (C=O) groups is 1. The Bertz CT molecular complexity index is 418. The third-order valence-corrected chi connectivity index (χ3v) is 2.62. The molecule has 0 aliphatic rings. The van der Waals surface area contributed by atoms with E-state index in [-0.39, 0.29) is 11.5 Å². The summed E-state index contributed by atoms with van der Waals surface area (Å²) in [5.74, 6) is -0.476. The predicted molar refractivity (Wildman–Crippen MR) is 67.3 cm³/mol. The van der Waals surface area contributed by atoms with Crippen LogP contribution in [0.2, 0.25) is 0 Å². The van der Waals surface area contributed by atoms with E-state index in [2.05, 4.69) is 13.2 Å². The van der Waals surface area contributed by atoms with Crippen LogP contribution in [0.5, 0.6) is 5.75 Å². The number of aliphatic carboxylic acids is 1. The zero-order valence-corrected chi connectivity index (χ0v) is 9.85. The summed E-state index contributed by atoms with van der Waals surface area (Å²) in [5.41, 5.74) is 1.08. The number of allylic oxidation sites excluding steroid dienone is 1. The molecular formula is C14H16O3. The molecule has 17 heavy (non-hydrogen) atoms. The fourth-order valence-corrected chi connectivity index (χ4v) is 1.63. The first kappa shape index (κ1) is 13.0. The second-order valence-electron chi connectivity index (χ2n) is 3.68. The summed E-state index contributed by atoms with van der Waals surface area (Å²) in [5, 5.41) is 8.98. The number of methoxy groups -OCH3 is 1. The Balaban J connectivity index is 3.00. The smallest absolute Gasteiger partial charge is 0.331 e. The maximum atomic E-state index is 11.0. The van der Waals surface area contributed by atoms with Gasteiger partial charge in [-0.25, -0.2) is 4.79 Å². The number of hydrogen-bond acceptors (Lipinski definition) is 2. The Kier molecular flexibility index (Phi) is 4.52. The predicted octanol–water partition coefficient (Wildman–Crippen LogP) is 3.00. The lowest BCUT2D eigenvalue weighted by molar-refractivity contribution is -0.132. The minimum absolute atomic E-state index is 0.176. The minimum Gasteiger partial charge on any atom is -0.497 e. The Hall–Kier alpha value is -2.03. The van der Waals surface area contributed by atoms with Gasteiger partial charge in [0.25, 0.3) is 0 Å². The molecular weight excluding hydrogens is 216 g/mol. The molecule has 1 unspecified atom stereocenters. The standard InChI is InChI=1S/C14H16O3/c1-4-5-13(10(2)14(15)16)11-6-8-12(17-3)9-7-11/h4,6-9,13H,1-2,5H2,3H3,(H,15,16). The molecule has 0 amide bonds. The van der Waals surface area contributed by atoms with Crippen LogP contribution in [-0.4, -0.2) is 18.2 Å². The first-order valence-corrected chi connectivity index (χ1v) is 5.27. The molecule has 1 aromatic rings. The Morgan fingerprint density at radius 2 is 2.06 bits per heavy atom. The van der Waals surface area contributed by atoms with Crippen LogP contribution in [-0.2, 0) is 4.79 Å². The number of hydrogen-bond donors (Lipinski definition) is 1. The van der Waals surface area contributed by atoms with E-state index in [0.29, 0.717) is 6.42 Å². The molecule has 1 aromatic carbocycles. The van der Waals surface area contributed by atoms with Gasteiger partial charge < -0.3 is 9.84 Å². The van der Waals surface area contributed by atoms with Crippen molar-refractivity contribution in [2.45, 2.75) is 12.3 Å². The maximum absolute atomic E-state index is 11.0. The molecule has 0 aliphatic carbocycles. The molecule has 0 heterocycles. The molecule has 0 aliphatic heterocycles. The highest BCUT2D eigenvalue weighted by Crippen LogP contribution is 2.28. The molecule has 1 N–H and O–H groups in total. The molecule has 3 nitrogen and oxygen atoms in total. The van der Waals surface area contributed by atoms with E-state index in [1.165, 1.54) is 0 Å². The molecule has 0 radical (unpaired) electrons. The van der Waals surface area contributed by atoms with E-state index < -0.39 is 5.97 Å². The minimum atomic E-state index is -0.979. The van der Waals surface area contributed by atoms with Crippen LogP contribution >= 0.6 is 0 Å². The summed E-state index contributed by atoms with van der Waals surface area (Å²) in [6.07, 6.45) is 2.25. The normalized spacial score (nSPS) is 11.6. The maximum Gasteiger partial charge on any atom is 0.331 e. The number of ether oxygens (including phenoxy) is 1. The largest absolute Gasteiger partial charge is 0.497 e. The van der Waals surface area contributed by atoms with E-state index in [1.54, 1.807) is 25.3 Å². The summed E-state index contributed by atoms with van der Waals surface area (Å²) in [6.45, 7) is 7.26. The summed E-state index contributed by atoms with van der Waals surface area (Å²) < 4.78 is 5.06. The van der Waals surface area contributed by atoms with E-state index in [1.807, 2.05) is 12.1 Å². The van der Waals surface area contributed by atoms with Crippen LogP contribution in [0.15, 0.2) is 49.1 Å². The zero-order valence-electron chi connectivity index (χ0n) is 9.85. The lowest BCUT2D eigenvalue weighted by atomic mass is 9.89. The average molecular weight is 232 g/mol. The SMILES string of the molecule is C=CCC(C(=C)C(=O)O)c1ccc(OC)cc1. The van der Waals surface area contributed by atoms with Crippen LogP contribution in [0.4, 0.5) is 0 Å². The number of carboxylic acid groups (broad SMARTS) is 1. The quantitative estimate of drug-likeness (QED) is 0.605. The number of benzene rings is 1. The first-order chi connectivity index (χ1) is 8.10. The van der Waals surface area contributed by atoms with Crippen molar-refractivity contribution >= 4 is 5.97 Å². The van der Waals surface area contributed by atoms with Gasteiger partial charge >= 0.3 is 5.97 Å². The molecule has 3 heteroatoms. The first-order valence-electron chi connectivity index (χ1n) is 5.27. The van der Waals surface area contributed by atoms with Crippen molar-refractivity contribution in [3.05, 3.63) is 54.6 Å². The lowest BCUT2D eigenvalue weighted by Gasteiger charge is -2.15. The summed E-state index contributed by atoms with van der Waals surface area (Å²) >= 11 is 0. The van der Waals surface area contributed by atoms with Crippen LogP contribution in [0, 0.1) is 0 Å². The van der Waals surface area contributed by atoms with Crippen LogP contribution < -0.4 is 4.74 Å². The van der Waals surface area contributed by atoms with Gasteiger partial charge in [-0.1, -0.05) is 24.8 Å². The van der Waals surface area contributed by atoms with Crippen LogP contribution in [0.1, 0.15) is 17.9 Å². The molecule has 90 valence electrons. The van der Waals surface area contributed by atoms with Gasteiger partial charge in [0.05, 0.1) is 7.11 Å². The summed E-state index contributed by atoms with van der Waals surface area (Å²) in [6, 6.07) is 7.31. The second-order valence-corrected chi connectivity index (χ2v) is 3.68. The fourth-order valence-electron chi connectivity index (χ4n) is 1.63. The summed E-state index contributed by atoms with van der Waals surface area (Å²) in [7, 11) is 1.59. The average Bonchev–Trinajstić information content (AvgIpc) is 2.35. The van der Waals surface area contributed by atoms with Gasteiger partial charge in [-0.3, -0.25) is 0 Å². The second kappa shape index (κ2) is 5.89. The third kappa shape index (κ3) is 3.21. The van der Waals surface area contributed by atoms with Crippen molar-refractivity contribution in [2.24, 2.45) is 0 Å². The molecule has 0 bridgehead atoms. The lowest BCUT2D eigenvalue weighted by Crippen LogP contribution is -2.09. The van der Waals surface area contributed by atoms with Crippen molar-refractivity contribution < 1.29 is 14.6 Å². The van der Waals surface area contributed by atoms with Crippen molar-refractivity contribution in [1.82, 2.24) is 0 Å². The van der Waals surface area contributed by atoms with E-state index in [9.17, 15) is 4.79 Å². The van der Waals surface area contributed by atoms with Gasteiger partial charge in [0, 0.05) is 11.5 Å². The number of rotatable bonds is 6. The van der Waals surface area contributed by atoms with Crippen LogP contribution in [0.25, 0.3) is 0 Å². The molecule has 0 saturated heterocycles. The third-order valence-electron chi connectivity index (χ3n) is 2.62. The van der Waals surface area contributed by atoms with Crippen molar-refractivity contribution in [3.8, 4) is 5.75 Å². The zero-order chi connectivity index (χ0) is 12.8. The van der Waals surface area contributed by atoms with E-state index in [4.69, 9.17) is 9.84 Å². The van der Waals surface area contributed by atoms with Crippen molar-refractivity contribution in [3.63, 3.8) is 0 Å². The highest BCUT2D eigenvalue weighted by atomic mass is 16.5. The van der Waals surface area contributed by atoms with E-state index in [0.717, 1.165) is 11.3 Å². The Morgan fingerprint density at radius 1 is 1.47 bits per heavy atom. The van der Waals surface area contributed by atoms with Gasteiger partial charge in [0.15, 0.2) is 0 Å². The Morgan fingerprint density at radius 3 is 2.47 bits per heavy atom. The fraction of sp³-hybridized carbons (Fsp3) is 0.214. The molecule has 1 atom stereocenters. The van der Waals surface area contributed by atoms with Crippen molar-refractivity contribution in [1.29, 1.82) is 0 Å². The van der Waals surface area contributed by atoms with E-state index >= 15 is 0 Å². The molecule has 0 saturated carbocycles. The Labute approximate surface area is 101 Å². The molecule has 1 rings (SSSR count). The molecule has 0 fully saturated rings. The van der Waals surface area contributed by atoms with Gasteiger partial charge in [0.1, 0.15) is 5.75 Å². The van der Waals surface area contributed by atoms with Gasteiger partial charge in [0.2, 0.25) is 0 Å². The topological polar surface area (TPSA) is 46.5 Å². The van der Waals surface area contributed by atoms with Gasteiger partial charge in [-0.15, -0.1) is 6.58 Å². The van der Waals surface area contributed by atoms with Crippen molar-refractivity contribution in [2.75, 3.05) is 7.11 Å². The highest BCUT2D eigenvalue weighted by molar-refractivity contribution is 5.87. The molecule has 0 spiro atoms. The van der Waals surface area contributed by atoms with Gasteiger partial charge in [-0.05, 0) is 24.1 Å². The van der Waals surface area contributed by atoms with Crippen LogP contribution in [0.3, 0.4) is 0 Å². The number of carboxylic acids is 1. The van der Waals surface area contributed by atoms with Gasteiger partial charge in [-0.2, -0.15) is 0 Å².